The van der Waals surface area contributed by atoms with Crippen LogP contribution in [-0.2, 0) is 9.47 Å². The molecule has 2 saturated heterocycles. The lowest BCUT2D eigenvalue weighted by molar-refractivity contribution is 0.00335. The van der Waals surface area contributed by atoms with Gasteiger partial charge in [0.15, 0.2) is 0 Å². The summed E-state index contributed by atoms with van der Waals surface area (Å²) in [5.74, 6) is 2.64. The van der Waals surface area contributed by atoms with Crippen molar-refractivity contribution in [3.63, 3.8) is 0 Å². The van der Waals surface area contributed by atoms with Crippen LogP contribution in [0.1, 0.15) is 41.3 Å². The molecule has 0 saturated carbocycles. The molecule has 8 nitrogen and oxygen atoms in total. The van der Waals surface area contributed by atoms with E-state index in [1.165, 1.54) is 17.3 Å². The number of rotatable bonds is 6. The molecule has 1 aromatic heterocycles. The van der Waals surface area contributed by atoms with Crippen molar-refractivity contribution < 1.29 is 14.6 Å². The molecule has 2 aromatic rings. The van der Waals surface area contributed by atoms with Gasteiger partial charge in [0.1, 0.15) is 17.5 Å². The first-order valence-electron chi connectivity index (χ1n) is 10.9. The lowest BCUT2D eigenvalue weighted by Crippen LogP contribution is -2.44. The molecule has 0 spiro atoms. The Balaban J connectivity index is 1.62. The standard InChI is InChI=1S/C23H31N5O3/c1-15-9-18(12-24)21(10-20(15)17-3-6-30-7-4-17)27-22-11-23(26-16(2)25-22)28-5-8-31-19(13-28)14-29/h9-12,17,19,24,29H,3-8,13-14H2,1-2H3,(H,25,26,27). The minimum atomic E-state index is -0.205. The second-order valence-electron chi connectivity index (χ2n) is 8.23. The smallest absolute Gasteiger partial charge is 0.136 e. The van der Waals surface area contributed by atoms with Gasteiger partial charge in [-0.25, -0.2) is 9.97 Å². The number of aryl methyl sites for hydroxylation is 2. The van der Waals surface area contributed by atoms with Crippen LogP contribution < -0.4 is 10.2 Å². The maximum absolute atomic E-state index is 9.45. The zero-order valence-electron chi connectivity index (χ0n) is 18.2. The van der Waals surface area contributed by atoms with Crippen LogP contribution in [0.15, 0.2) is 18.2 Å². The summed E-state index contributed by atoms with van der Waals surface area (Å²) in [6.07, 6.45) is 3.21. The number of aliphatic hydroxyl groups excluding tert-OH is 1. The highest BCUT2D eigenvalue weighted by atomic mass is 16.5. The zero-order valence-corrected chi connectivity index (χ0v) is 18.2. The van der Waals surface area contributed by atoms with E-state index in [0.717, 1.165) is 49.7 Å². The summed E-state index contributed by atoms with van der Waals surface area (Å²) in [4.78, 5) is 11.3. The van der Waals surface area contributed by atoms with Gasteiger partial charge in [-0.3, -0.25) is 0 Å². The van der Waals surface area contributed by atoms with E-state index in [9.17, 15) is 5.11 Å². The van der Waals surface area contributed by atoms with Gasteiger partial charge < -0.3 is 30.2 Å². The number of nitrogens with one attached hydrogen (secondary N) is 2. The molecule has 31 heavy (non-hydrogen) atoms. The van der Waals surface area contributed by atoms with Gasteiger partial charge in [-0.2, -0.15) is 0 Å². The van der Waals surface area contributed by atoms with Crippen molar-refractivity contribution in [2.75, 3.05) is 49.7 Å². The highest BCUT2D eigenvalue weighted by Gasteiger charge is 2.22. The molecule has 166 valence electrons. The Bertz CT molecular complexity index is 930. The van der Waals surface area contributed by atoms with Crippen LogP contribution in [-0.4, -0.2) is 66.9 Å². The maximum Gasteiger partial charge on any atom is 0.136 e. The van der Waals surface area contributed by atoms with Crippen molar-refractivity contribution >= 4 is 23.5 Å². The van der Waals surface area contributed by atoms with E-state index in [0.29, 0.717) is 30.7 Å². The Kier molecular flexibility index (Phi) is 6.80. The minimum absolute atomic E-state index is 0.00722. The third kappa shape index (κ3) is 5.03. The number of ether oxygens (including phenoxy) is 2. The van der Waals surface area contributed by atoms with E-state index >= 15 is 0 Å². The van der Waals surface area contributed by atoms with Gasteiger partial charge in [0.05, 0.1) is 19.3 Å². The molecular weight excluding hydrogens is 394 g/mol. The molecule has 4 rings (SSSR count). The van der Waals surface area contributed by atoms with Crippen molar-refractivity contribution in [1.82, 2.24) is 9.97 Å². The Hall–Kier alpha value is -2.55. The number of hydrogen-bond acceptors (Lipinski definition) is 8. The maximum atomic E-state index is 9.45. The lowest BCUT2D eigenvalue weighted by atomic mass is 9.87. The van der Waals surface area contributed by atoms with E-state index in [1.807, 2.05) is 13.0 Å². The molecule has 3 N–H and O–H groups in total. The number of benzene rings is 1. The third-order valence-electron chi connectivity index (χ3n) is 6.01. The van der Waals surface area contributed by atoms with Crippen molar-refractivity contribution in [1.29, 1.82) is 5.41 Å². The van der Waals surface area contributed by atoms with Crippen LogP contribution in [0.5, 0.6) is 0 Å². The van der Waals surface area contributed by atoms with Crippen LogP contribution in [0.3, 0.4) is 0 Å². The highest BCUT2D eigenvalue weighted by Crippen LogP contribution is 2.33. The van der Waals surface area contributed by atoms with Crippen LogP contribution in [0, 0.1) is 19.3 Å². The lowest BCUT2D eigenvalue weighted by Gasteiger charge is -2.33. The van der Waals surface area contributed by atoms with Crippen LogP contribution in [0.25, 0.3) is 0 Å². The summed E-state index contributed by atoms with van der Waals surface area (Å²) >= 11 is 0. The normalized spacial score (nSPS) is 20.0. The average Bonchev–Trinajstić information content (AvgIpc) is 2.80. The Morgan fingerprint density at radius 3 is 2.74 bits per heavy atom. The van der Waals surface area contributed by atoms with Crippen molar-refractivity contribution in [3.8, 4) is 0 Å². The molecule has 0 amide bonds. The molecule has 0 bridgehead atoms. The van der Waals surface area contributed by atoms with Gasteiger partial charge in [-0.05, 0) is 55.9 Å². The largest absolute Gasteiger partial charge is 0.394 e. The Morgan fingerprint density at radius 2 is 2.00 bits per heavy atom. The first kappa shape index (κ1) is 21.7. The fraction of sp³-hybridized carbons (Fsp3) is 0.522. The molecule has 2 fully saturated rings. The van der Waals surface area contributed by atoms with Gasteiger partial charge in [-0.1, -0.05) is 0 Å². The number of anilines is 3. The van der Waals surface area contributed by atoms with Gasteiger partial charge in [-0.15, -0.1) is 0 Å². The average molecular weight is 426 g/mol. The molecule has 8 heteroatoms. The van der Waals surface area contributed by atoms with Gasteiger partial charge in [0.25, 0.3) is 0 Å². The summed E-state index contributed by atoms with van der Waals surface area (Å²) < 4.78 is 11.1. The summed E-state index contributed by atoms with van der Waals surface area (Å²) in [5.41, 5.74) is 4.22. The number of nitrogens with zero attached hydrogens (tertiary/aromatic N) is 3. The molecule has 3 heterocycles. The van der Waals surface area contributed by atoms with Gasteiger partial charge >= 0.3 is 0 Å². The fourth-order valence-electron chi connectivity index (χ4n) is 4.38. The second kappa shape index (κ2) is 9.72. The zero-order chi connectivity index (χ0) is 21.8. The molecule has 1 atom stereocenters. The van der Waals surface area contributed by atoms with E-state index in [1.54, 1.807) is 0 Å². The van der Waals surface area contributed by atoms with E-state index in [4.69, 9.17) is 14.9 Å². The van der Waals surface area contributed by atoms with Crippen LogP contribution >= 0.6 is 0 Å². The molecule has 0 aliphatic carbocycles. The Labute approximate surface area is 183 Å². The molecule has 2 aliphatic rings. The predicted octanol–water partition coefficient (Wildman–Crippen LogP) is 2.93. The minimum Gasteiger partial charge on any atom is -0.394 e. The van der Waals surface area contributed by atoms with Crippen molar-refractivity contribution in [2.24, 2.45) is 0 Å². The van der Waals surface area contributed by atoms with Gasteiger partial charge in [0.2, 0.25) is 0 Å². The Morgan fingerprint density at radius 1 is 1.19 bits per heavy atom. The summed E-state index contributed by atoms with van der Waals surface area (Å²) in [6, 6.07) is 6.16. The molecule has 0 radical (unpaired) electrons. The predicted molar refractivity (Wildman–Crippen MR) is 121 cm³/mol. The SMILES string of the molecule is Cc1nc(Nc2cc(C3CCOCC3)c(C)cc2C=N)cc(N2CCOC(CO)C2)n1. The monoisotopic (exact) mass is 425 g/mol. The fourth-order valence-corrected chi connectivity index (χ4v) is 4.38. The molecule has 1 unspecified atom stereocenters. The molecule has 1 aromatic carbocycles. The summed E-state index contributed by atoms with van der Waals surface area (Å²) in [6.45, 7) is 7.44. The third-order valence-corrected chi connectivity index (χ3v) is 6.01. The molecular formula is C23H31N5O3. The number of morpholine rings is 1. The van der Waals surface area contributed by atoms with E-state index in [-0.39, 0.29) is 12.7 Å². The number of aromatic nitrogens is 2. The molecule has 2 aliphatic heterocycles. The van der Waals surface area contributed by atoms with Crippen LogP contribution in [0.2, 0.25) is 0 Å². The van der Waals surface area contributed by atoms with Crippen molar-refractivity contribution in [2.45, 2.75) is 38.7 Å². The van der Waals surface area contributed by atoms with Crippen molar-refractivity contribution in [3.05, 3.63) is 40.7 Å². The summed E-state index contributed by atoms with van der Waals surface area (Å²) in [5, 5.41) is 20.8. The van der Waals surface area contributed by atoms with E-state index < -0.39 is 0 Å². The highest BCUT2D eigenvalue weighted by molar-refractivity contribution is 5.88. The first-order chi connectivity index (χ1) is 15.1. The summed E-state index contributed by atoms with van der Waals surface area (Å²) in [7, 11) is 0. The quantitative estimate of drug-likeness (QED) is 0.612. The van der Waals surface area contributed by atoms with E-state index in [2.05, 4.69) is 39.2 Å². The first-order valence-corrected chi connectivity index (χ1v) is 10.9. The number of hydrogen-bond donors (Lipinski definition) is 3. The van der Waals surface area contributed by atoms with Crippen LogP contribution in [0.4, 0.5) is 17.3 Å². The van der Waals surface area contributed by atoms with Gasteiger partial charge in [0, 0.05) is 49.8 Å². The second-order valence-corrected chi connectivity index (χ2v) is 8.23. The topological polar surface area (TPSA) is 104 Å². The number of aliphatic hydroxyl groups is 1.